The quantitative estimate of drug-likeness (QED) is 0.829. The molecule has 0 amide bonds. The monoisotopic (exact) mass is 248 g/mol. The third kappa shape index (κ3) is 2.16. The van der Waals surface area contributed by atoms with Crippen LogP contribution in [0.5, 0.6) is 0 Å². The van der Waals surface area contributed by atoms with Crippen LogP contribution < -0.4 is 5.73 Å². The molecule has 1 saturated heterocycles. The Morgan fingerprint density at radius 2 is 2.12 bits per heavy atom. The second-order valence-corrected chi connectivity index (χ2v) is 5.25. The number of anilines is 1. The second-order valence-electron chi connectivity index (χ2n) is 4.37. The van der Waals surface area contributed by atoms with E-state index < -0.39 is 0 Å². The van der Waals surface area contributed by atoms with Crippen LogP contribution in [0.3, 0.4) is 0 Å². The molecule has 1 fully saturated rings. The van der Waals surface area contributed by atoms with E-state index >= 15 is 0 Å². The van der Waals surface area contributed by atoms with Crippen molar-refractivity contribution in [3.63, 3.8) is 0 Å². The summed E-state index contributed by atoms with van der Waals surface area (Å²) in [4.78, 5) is 2.44. The molecule has 0 unspecified atom stereocenters. The molecule has 0 bridgehead atoms. The van der Waals surface area contributed by atoms with Gasteiger partial charge in [-0.1, -0.05) is 12.1 Å². The molecular weight excluding hydrogens is 232 g/mol. The Labute approximate surface area is 105 Å². The van der Waals surface area contributed by atoms with Crippen molar-refractivity contribution >= 4 is 27.1 Å². The van der Waals surface area contributed by atoms with Crippen molar-refractivity contribution in [1.29, 1.82) is 0 Å². The Morgan fingerprint density at radius 1 is 1.29 bits per heavy atom. The first-order valence-electron chi connectivity index (χ1n) is 5.89. The molecule has 17 heavy (non-hydrogen) atoms. The summed E-state index contributed by atoms with van der Waals surface area (Å²) in [5.74, 6) is 0. The highest BCUT2D eigenvalue weighted by atomic mass is 32.1. The van der Waals surface area contributed by atoms with Gasteiger partial charge in [-0.2, -0.15) is 0 Å². The van der Waals surface area contributed by atoms with Crippen LogP contribution in [0.25, 0.3) is 10.1 Å². The second kappa shape index (κ2) is 4.64. The molecule has 0 saturated carbocycles. The van der Waals surface area contributed by atoms with Gasteiger partial charge in [-0.25, -0.2) is 0 Å². The fourth-order valence-electron chi connectivity index (χ4n) is 2.26. The molecule has 0 spiro atoms. The van der Waals surface area contributed by atoms with Gasteiger partial charge >= 0.3 is 0 Å². The summed E-state index contributed by atoms with van der Waals surface area (Å²) in [5, 5.41) is 3.54. The van der Waals surface area contributed by atoms with Crippen molar-refractivity contribution in [2.75, 3.05) is 32.0 Å². The molecule has 0 radical (unpaired) electrons. The number of fused-ring (bicyclic) bond motifs is 1. The van der Waals surface area contributed by atoms with Gasteiger partial charge in [0.2, 0.25) is 0 Å². The van der Waals surface area contributed by atoms with Gasteiger partial charge in [0.1, 0.15) is 0 Å². The molecule has 1 aromatic heterocycles. The van der Waals surface area contributed by atoms with E-state index in [4.69, 9.17) is 10.5 Å². The maximum absolute atomic E-state index is 5.98. The predicted octanol–water partition coefficient (Wildman–Crippen LogP) is 2.32. The SMILES string of the molecule is Nc1cccc2c(CN3CCOCC3)csc12. The minimum atomic E-state index is 0.851. The third-order valence-electron chi connectivity index (χ3n) is 3.21. The van der Waals surface area contributed by atoms with Crippen LogP contribution in [0, 0.1) is 0 Å². The van der Waals surface area contributed by atoms with E-state index in [1.54, 1.807) is 11.3 Å². The minimum absolute atomic E-state index is 0.851. The number of benzene rings is 1. The summed E-state index contributed by atoms with van der Waals surface area (Å²) in [5.41, 5.74) is 8.26. The predicted molar refractivity (Wildman–Crippen MR) is 72.3 cm³/mol. The molecule has 3 nitrogen and oxygen atoms in total. The summed E-state index contributed by atoms with van der Waals surface area (Å²) in [6.07, 6.45) is 0. The molecule has 2 N–H and O–H groups in total. The van der Waals surface area contributed by atoms with Crippen LogP contribution in [0.1, 0.15) is 5.56 Å². The maximum Gasteiger partial charge on any atom is 0.0594 e. The fraction of sp³-hybridized carbons (Fsp3) is 0.385. The zero-order chi connectivity index (χ0) is 11.7. The molecule has 2 heterocycles. The van der Waals surface area contributed by atoms with Crippen LogP contribution in [0.4, 0.5) is 5.69 Å². The summed E-state index contributed by atoms with van der Waals surface area (Å²) in [6, 6.07) is 6.17. The average Bonchev–Trinajstić information content (AvgIpc) is 2.76. The van der Waals surface area contributed by atoms with Crippen LogP contribution in [-0.4, -0.2) is 31.2 Å². The lowest BCUT2D eigenvalue weighted by Crippen LogP contribution is -2.35. The molecule has 1 aliphatic heterocycles. The van der Waals surface area contributed by atoms with Crippen LogP contribution >= 0.6 is 11.3 Å². The number of ether oxygens (including phenoxy) is 1. The van der Waals surface area contributed by atoms with Crippen molar-refractivity contribution in [2.45, 2.75) is 6.54 Å². The summed E-state index contributed by atoms with van der Waals surface area (Å²) >= 11 is 1.75. The molecule has 4 heteroatoms. The van der Waals surface area contributed by atoms with Crippen molar-refractivity contribution in [1.82, 2.24) is 4.90 Å². The van der Waals surface area contributed by atoms with Crippen molar-refractivity contribution in [3.8, 4) is 0 Å². The van der Waals surface area contributed by atoms with Crippen molar-refractivity contribution < 1.29 is 4.74 Å². The first-order chi connectivity index (χ1) is 8.34. The molecule has 1 aromatic carbocycles. The topological polar surface area (TPSA) is 38.5 Å². The third-order valence-corrected chi connectivity index (χ3v) is 4.30. The number of rotatable bonds is 2. The molecule has 0 atom stereocenters. The summed E-state index contributed by atoms with van der Waals surface area (Å²) < 4.78 is 6.58. The lowest BCUT2D eigenvalue weighted by Gasteiger charge is -2.26. The largest absolute Gasteiger partial charge is 0.398 e. The highest BCUT2D eigenvalue weighted by Crippen LogP contribution is 2.31. The lowest BCUT2D eigenvalue weighted by atomic mass is 10.1. The maximum atomic E-state index is 5.98. The van der Waals surface area contributed by atoms with Gasteiger partial charge in [0.25, 0.3) is 0 Å². The molecule has 0 aliphatic carbocycles. The Morgan fingerprint density at radius 3 is 2.94 bits per heavy atom. The zero-order valence-electron chi connectivity index (χ0n) is 9.69. The fourth-order valence-corrected chi connectivity index (χ4v) is 3.25. The van der Waals surface area contributed by atoms with Gasteiger partial charge < -0.3 is 10.5 Å². The highest BCUT2D eigenvalue weighted by Gasteiger charge is 2.13. The number of thiophene rings is 1. The average molecular weight is 248 g/mol. The van der Waals surface area contributed by atoms with Crippen LogP contribution in [0.2, 0.25) is 0 Å². The van der Waals surface area contributed by atoms with Crippen molar-refractivity contribution in [3.05, 3.63) is 29.1 Å². The number of hydrogen-bond acceptors (Lipinski definition) is 4. The number of morpholine rings is 1. The number of nitrogens with two attached hydrogens (primary N) is 1. The summed E-state index contributed by atoms with van der Waals surface area (Å²) in [6.45, 7) is 4.76. The van der Waals surface area contributed by atoms with Gasteiger partial charge in [-0.15, -0.1) is 11.3 Å². The smallest absolute Gasteiger partial charge is 0.0594 e. The Balaban J connectivity index is 1.87. The van der Waals surface area contributed by atoms with Gasteiger partial charge in [-0.05, 0) is 22.4 Å². The minimum Gasteiger partial charge on any atom is -0.398 e. The Bertz CT molecular complexity index is 517. The van der Waals surface area contributed by atoms with Crippen molar-refractivity contribution in [2.24, 2.45) is 0 Å². The Hall–Kier alpha value is -1.10. The van der Waals surface area contributed by atoms with Gasteiger partial charge in [0.05, 0.1) is 17.9 Å². The normalized spacial score (nSPS) is 17.6. The number of nitrogens with zero attached hydrogens (tertiary/aromatic N) is 1. The molecule has 2 aromatic rings. The molecule has 3 rings (SSSR count). The van der Waals surface area contributed by atoms with Crippen LogP contribution in [-0.2, 0) is 11.3 Å². The number of nitrogen functional groups attached to an aromatic ring is 1. The summed E-state index contributed by atoms with van der Waals surface area (Å²) in [7, 11) is 0. The highest BCUT2D eigenvalue weighted by molar-refractivity contribution is 7.18. The lowest BCUT2D eigenvalue weighted by molar-refractivity contribution is 0.0344. The van der Waals surface area contributed by atoms with E-state index in [9.17, 15) is 0 Å². The van der Waals surface area contributed by atoms with E-state index in [1.165, 1.54) is 15.6 Å². The van der Waals surface area contributed by atoms with Gasteiger partial charge in [-0.3, -0.25) is 4.90 Å². The molecule has 1 aliphatic rings. The zero-order valence-corrected chi connectivity index (χ0v) is 10.5. The standard InChI is InChI=1S/C13H16N2OS/c14-12-3-1-2-11-10(9-17-13(11)12)8-15-4-6-16-7-5-15/h1-3,9H,4-8,14H2. The van der Waals surface area contributed by atoms with E-state index in [-0.39, 0.29) is 0 Å². The Kier molecular flexibility index (Phi) is 3.01. The van der Waals surface area contributed by atoms with E-state index in [0.29, 0.717) is 0 Å². The van der Waals surface area contributed by atoms with Crippen LogP contribution in [0.15, 0.2) is 23.6 Å². The van der Waals surface area contributed by atoms with E-state index in [0.717, 1.165) is 38.5 Å². The van der Waals surface area contributed by atoms with Gasteiger partial charge in [0.15, 0.2) is 0 Å². The number of hydrogen-bond donors (Lipinski definition) is 1. The first-order valence-corrected chi connectivity index (χ1v) is 6.77. The molecular formula is C13H16N2OS. The molecule has 90 valence electrons. The first kappa shape index (κ1) is 11.0. The van der Waals surface area contributed by atoms with Gasteiger partial charge in [0, 0.05) is 25.3 Å². The van der Waals surface area contributed by atoms with E-state index in [2.05, 4.69) is 16.3 Å². The van der Waals surface area contributed by atoms with E-state index in [1.807, 2.05) is 12.1 Å².